The van der Waals surface area contributed by atoms with Crippen molar-refractivity contribution in [3.8, 4) is 11.5 Å². The molecule has 0 saturated carbocycles. The number of amides is 4. The van der Waals surface area contributed by atoms with Crippen molar-refractivity contribution >= 4 is 103 Å². The van der Waals surface area contributed by atoms with E-state index in [2.05, 4.69) is 10.6 Å². The van der Waals surface area contributed by atoms with Crippen molar-refractivity contribution < 1.29 is 39.2 Å². The Morgan fingerprint density at radius 3 is 1.43 bits per heavy atom. The number of rotatable bonds is 10. The second kappa shape index (κ2) is 13.3. The van der Waals surface area contributed by atoms with Crippen LogP contribution in [0.3, 0.4) is 0 Å². The maximum atomic E-state index is 13.1. The molecule has 2 aliphatic rings. The number of nitrogens with zero attached hydrogens (tertiary/aromatic N) is 4. The van der Waals surface area contributed by atoms with Gasteiger partial charge in [-0.15, -0.1) is 0 Å². The number of carbonyl (C=O) groups is 4. The van der Waals surface area contributed by atoms with Crippen molar-refractivity contribution in [3.05, 3.63) is 66.4 Å². The van der Waals surface area contributed by atoms with Crippen molar-refractivity contribution in [2.24, 2.45) is 0 Å². The van der Waals surface area contributed by atoms with Gasteiger partial charge in [0.05, 0.1) is 43.2 Å². The number of non-ortho nitro benzene ring substituents is 2. The average Bonchev–Trinajstić information content (AvgIpc) is 3.40. The minimum absolute atomic E-state index is 0.00326. The van der Waals surface area contributed by atoms with E-state index in [1.54, 1.807) is 0 Å². The Bertz CT molecular complexity index is 1580. The second-order valence-corrected chi connectivity index (χ2v) is 12.1. The Hall–Kier alpha value is -4.66. The maximum Gasteiger partial charge on any atom is 0.273 e. The van der Waals surface area contributed by atoms with Crippen LogP contribution in [-0.4, -0.2) is 75.2 Å². The maximum absolute atomic E-state index is 13.1. The molecule has 2 heterocycles. The predicted octanol–water partition coefficient (Wildman–Crippen LogP) is 3.20. The molecule has 2 aromatic carbocycles. The van der Waals surface area contributed by atoms with Gasteiger partial charge in [-0.1, -0.05) is 48.0 Å². The lowest BCUT2D eigenvalue weighted by Gasteiger charge is -2.15. The van der Waals surface area contributed by atoms with Crippen molar-refractivity contribution in [1.82, 2.24) is 9.80 Å². The van der Waals surface area contributed by atoms with Crippen LogP contribution in [0.15, 0.2) is 46.2 Å². The van der Waals surface area contributed by atoms with Gasteiger partial charge in [-0.25, -0.2) is 0 Å². The van der Waals surface area contributed by atoms with Crippen LogP contribution in [0, 0.1) is 20.2 Å². The van der Waals surface area contributed by atoms with E-state index in [9.17, 15) is 49.6 Å². The zero-order chi connectivity index (χ0) is 32.3. The van der Waals surface area contributed by atoms with Gasteiger partial charge in [-0.05, 0) is 12.1 Å². The molecule has 0 radical (unpaired) electrons. The van der Waals surface area contributed by atoms with E-state index in [-0.39, 0.29) is 67.1 Å². The van der Waals surface area contributed by atoms with Crippen molar-refractivity contribution in [1.29, 1.82) is 0 Å². The monoisotopic (exact) mass is 678 g/mol. The van der Waals surface area contributed by atoms with Crippen molar-refractivity contribution in [2.75, 3.05) is 23.7 Å². The first-order valence-corrected chi connectivity index (χ1v) is 14.6. The number of aromatic hydroxyl groups is 2. The van der Waals surface area contributed by atoms with Crippen LogP contribution >= 0.6 is 48.0 Å². The highest BCUT2D eigenvalue weighted by atomic mass is 32.2. The van der Waals surface area contributed by atoms with E-state index in [1.165, 1.54) is 0 Å². The van der Waals surface area contributed by atoms with E-state index in [0.29, 0.717) is 0 Å². The highest BCUT2D eigenvalue weighted by Crippen LogP contribution is 2.42. The lowest BCUT2D eigenvalue weighted by Crippen LogP contribution is -2.33. The van der Waals surface area contributed by atoms with Crippen molar-refractivity contribution in [2.45, 2.75) is 12.8 Å². The van der Waals surface area contributed by atoms with Gasteiger partial charge < -0.3 is 20.8 Å². The van der Waals surface area contributed by atoms with Crippen molar-refractivity contribution in [3.63, 3.8) is 0 Å². The van der Waals surface area contributed by atoms with E-state index < -0.39 is 45.0 Å². The zero-order valence-corrected chi connectivity index (χ0v) is 25.1. The Labute approximate surface area is 265 Å². The number of nitrogens with one attached hydrogen (secondary N) is 2. The van der Waals surface area contributed by atoms with Crippen LogP contribution in [-0.2, 0) is 19.2 Å². The van der Waals surface area contributed by atoms with Crippen LogP contribution in [0.2, 0.25) is 0 Å². The van der Waals surface area contributed by atoms with Crippen LogP contribution in [0.5, 0.6) is 11.5 Å². The third kappa shape index (κ3) is 7.10. The number of phenols is 2. The van der Waals surface area contributed by atoms with Crippen LogP contribution in [0.1, 0.15) is 12.8 Å². The molecule has 4 amide bonds. The largest absolute Gasteiger partial charge is 0.506 e. The van der Waals surface area contributed by atoms with Gasteiger partial charge in [0.25, 0.3) is 23.2 Å². The molecule has 20 heteroatoms. The molecule has 44 heavy (non-hydrogen) atoms. The summed E-state index contributed by atoms with van der Waals surface area (Å²) in [5.74, 6) is -3.51. The number of benzene rings is 2. The summed E-state index contributed by atoms with van der Waals surface area (Å²) >= 11 is 12.2. The van der Waals surface area contributed by atoms with Crippen LogP contribution < -0.4 is 10.6 Å². The highest BCUT2D eigenvalue weighted by Gasteiger charge is 2.42. The third-order valence-electron chi connectivity index (χ3n) is 5.96. The second-order valence-electron chi connectivity index (χ2n) is 8.82. The van der Waals surface area contributed by atoms with Gasteiger partial charge in [0.15, 0.2) is 0 Å². The lowest BCUT2D eigenvalue weighted by atomic mass is 10.2. The molecule has 0 aliphatic carbocycles. The number of phenolic OH excluding ortho intramolecular Hbond substituents is 2. The van der Waals surface area contributed by atoms with Gasteiger partial charge >= 0.3 is 0 Å². The van der Waals surface area contributed by atoms with E-state index >= 15 is 0 Å². The van der Waals surface area contributed by atoms with E-state index in [1.807, 2.05) is 0 Å². The van der Waals surface area contributed by atoms with Gasteiger partial charge in [-0.2, -0.15) is 0 Å². The number of hydrogen-bond donors (Lipinski definition) is 4. The number of hydrogen-bond acceptors (Lipinski definition) is 14. The number of nitro groups is 2. The van der Waals surface area contributed by atoms with E-state index in [4.69, 9.17) is 24.4 Å². The summed E-state index contributed by atoms with van der Waals surface area (Å²) in [6, 6.07) is 6.29. The Balaban J connectivity index is 1.34. The molecular weight excluding hydrogens is 661 g/mol. The molecule has 2 saturated heterocycles. The summed E-state index contributed by atoms with van der Waals surface area (Å²) in [6.45, 7) is -0.326. The van der Waals surface area contributed by atoms with Crippen LogP contribution in [0.25, 0.3) is 0 Å². The summed E-state index contributed by atoms with van der Waals surface area (Å²) in [5, 5.41) is 46.3. The summed E-state index contributed by atoms with van der Waals surface area (Å²) in [7, 11) is 0. The molecule has 0 atom stereocenters. The summed E-state index contributed by atoms with van der Waals surface area (Å²) in [6.07, 6.45) is -0.507. The first kappa shape index (κ1) is 32.3. The quantitative estimate of drug-likeness (QED) is 0.0931. The molecular formula is C24H18N6O10S4. The summed E-state index contributed by atoms with van der Waals surface area (Å²) in [4.78, 5) is 73.6. The lowest BCUT2D eigenvalue weighted by molar-refractivity contribution is -0.385. The normalized spacial score (nSPS) is 16.5. The fourth-order valence-corrected chi connectivity index (χ4v) is 6.56. The first-order valence-electron chi connectivity index (χ1n) is 12.1. The molecule has 0 spiro atoms. The number of carbonyl (C=O) groups excluding carboxylic acids is 4. The predicted molar refractivity (Wildman–Crippen MR) is 167 cm³/mol. The summed E-state index contributed by atoms with van der Waals surface area (Å²) < 4.78 is 0.173. The first-order chi connectivity index (χ1) is 20.8. The average molecular weight is 679 g/mol. The van der Waals surface area contributed by atoms with E-state index in [0.717, 1.165) is 69.7 Å². The third-order valence-corrected chi connectivity index (χ3v) is 8.99. The minimum Gasteiger partial charge on any atom is -0.506 e. The molecule has 16 nitrogen and oxygen atoms in total. The number of thioether (sulfide) groups is 2. The standard InChI is InChI=1S/C24H18N6O10S4/c31-15-9-11(29(37)38)1-3-13(15)25-17(33)5-7-27-21(35)19(43-23(27)41)20-22(36)28(24(42)44-20)8-6-18(34)26-14-4-2-12(30(39)40)10-16(14)32/h1-4,9-10,31-32H,5-8H2,(H,25,33)(H,26,34)/b20-19+. The Kier molecular flexibility index (Phi) is 9.77. The van der Waals surface area contributed by atoms with Gasteiger partial charge in [0, 0.05) is 38.1 Å². The molecule has 228 valence electrons. The molecule has 0 unspecified atom stereocenters. The minimum atomic E-state index is -0.706. The number of thiocarbonyl (C=S) groups is 2. The van der Waals surface area contributed by atoms with Gasteiger partial charge in [0.1, 0.15) is 20.1 Å². The molecule has 2 aliphatic heterocycles. The van der Waals surface area contributed by atoms with Crippen LogP contribution in [0.4, 0.5) is 22.7 Å². The summed E-state index contributed by atoms with van der Waals surface area (Å²) in [5.41, 5.74) is -0.857. The number of anilines is 2. The Morgan fingerprint density at radius 2 is 1.11 bits per heavy atom. The topological polar surface area (TPSA) is 226 Å². The highest BCUT2D eigenvalue weighted by molar-refractivity contribution is 8.29. The van der Waals surface area contributed by atoms with Gasteiger partial charge in [0.2, 0.25) is 11.8 Å². The molecule has 0 bridgehead atoms. The molecule has 2 fully saturated rings. The smallest absolute Gasteiger partial charge is 0.273 e. The Morgan fingerprint density at radius 1 is 0.750 bits per heavy atom. The fourth-order valence-electron chi connectivity index (χ4n) is 3.79. The molecule has 4 N–H and O–H groups in total. The number of nitro benzene ring substituents is 2. The zero-order valence-electron chi connectivity index (χ0n) is 21.9. The molecule has 2 aromatic rings. The SMILES string of the molecule is O=C(CCN1C(=O)/C(=C2\SC(=S)N(CCC(=O)Nc3ccc([N+](=O)[O-])cc3O)C2=O)SC1=S)Nc1ccc([N+](=O)[O-])cc1O. The molecule has 4 rings (SSSR count). The van der Waals surface area contributed by atoms with Gasteiger partial charge in [-0.3, -0.25) is 49.2 Å². The fraction of sp³-hybridized carbons (Fsp3) is 0.167. The molecule has 0 aromatic heterocycles.